The van der Waals surface area contributed by atoms with Crippen LogP contribution in [-0.4, -0.2) is 29.2 Å². The Labute approximate surface area is 126 Å². The van der Waals surface area contributed by atoms with E-state index in [4.69, 9.17) is 0 Å². The molecule has 1 aliphatic heterocycles. The molecule has 2 aliphatic rings. The van der Waals surface area contributed by atoms with Crippen molar-refractivity contribution >= 4 is 21.8 Å². The Morgan fingerprint density at radius 1 is 1.26 bits per heavy atom. The van der Waals surface area contributed by atoms with Crippen LogP contribution in [0, 0.1) is 17.3 Å². The zero-order valence-electron chi connectivity index (χ0n) is 12.5. The van der Waals surface area contributed by atoms with Gasteiger partial charge in [0.1, 0.15) is 0 Å². The molecule has 2 unspecified atom stereocenters. The number of nitrogens with zero attached hydrogens (tertiary/aromatic N) is 1. The minimum Gasteiger partial charge on any atom is -0.342 e. The summed E-state index contributed by atoms with van der Waals surface area (Å²) in [5.41, 5.74) is 0.206. The van der Waals surface area contributed by atoms with Gasteiger partial charge in [0.15, 0.2) is 0 Å². The lowest BCUT2D eigenvalue weighted by molar-refractivity contribution is -0.143. The van der Waals surface area contributed by atoms with Crippen LogP contribution >= 0.6 is 15.9 Å². The van der Waals surface area contributed by atoms with Crippen molar-refractivity contribution in [3.05, 3.63) is 0 Å². The predicted octanol–water partition coefficient (Wildman–Crippen LogP) is 4.23. The number of likely N-dealkylation sites (tertiary alicyclic amines) is 1. The molecule has 0 aromatic rings. The number of alkyl halides is 1. The fourth-order valence-corrected chi connectivity index (χ4v) is 4.47. The third-order valence-electron chi connectivity index (χ3n) is 5.15. The Morgan fingerprint density at radius 2 is 2.05 bits per heavy atom. The molecule has 1 saturated carbocycles. The molecule has 0 bridgehead atoms. The van der Waals surface area contributed by atoms with Crippen LogP contribution in [0.1, 0.15) is 58.8 Å². The van der Waals surface area contributed by atoms with Gasteiger partial charge in [-0.15, -0.1) is 0 Å². The largest absolute Gasteiger partial charge is 0.342 e. The fraction of sp³-hybridized carbons (Fsp3) is 0.938. The van der Waals surface area contributed by atoms with E-state index in [1.807, 2.05) is 0 Å². The number of amides is 1. The maximum absolute atomic E-state index is 12.8. The molecule has 19 heavy (non-hydrogen) atoms. The average molecular weight is 330 g/mol. The number of hydrogen-bond acceptors (Lipinski definition) is 1. The van der Waals surface area contributed by atoms with Crippen LogP contribution in [0.15, 0.2) is 0 Å². The summed E-state index contributed by atoms with van der Waals surface area (Å²) >= 11 is 3.53. The molecule has 1 amide bonds. The standard InChI is InChI=1S/C16H28BrNO/c1-16(2)9-4-3-7-14(16)15(19)18-11-5-6-13(12-18)8-10-17/h13-14H,3-12H2,1-2H3. The molecule has 2 nitrogen and oxygen atoms in total. The van der Waals surface area contributed by atoms with Crippen molar-refractivity contribution in [1.29, 1.82) is 0 Å². The topological polar surface area (TPSA) is 20.3 Å². The van der Waals surface area contributed by atoms with Crippen LogP contribution in [0.5, 0.6) is 0 Å². The van der Waals surface area contributed by atoms with Gasteiger partial charge in [-0.25, -0.2) is 0 Å². The Bertz CT molecular complexity index is 314. The zero-order valence-corrected chi connectivity index (χ0v) is 14.0. The smallest absolute Gasteiger partial charge is 0.226 e. The quantitative estimate of drug-likeness (QED) is 0.709. The summed E-state index contributed by atoms with van der Waals surface area (Å²) in [6.45, 7) is 6.56. The molecule has 0 spiro atoms. The molecule has 2 fully saturated rings. The van der Waals surface area contributed by atoms with Gasteiger partial charge in [0.25, 0.3) is 0 Å². The zero-order chi connectivity index (χ0) is 13.9. The lowest BCUT2D eigenvalue weighted by Gasteiger charge is -2.42. The van der Waals surface area contributed by atoms with Crippen LogP contribution in [0.2, 0.25) is 0 Å². The number of rotatable bonds is 3. The molecule has 0 radical (unpaired) electrons. The van der Waals surface area contributed by atoms with Crippen LogP contribution in [0.3, 0.4) is 0 Å². The molecular weight excluding hydrogens is 302 g/mol. The van der Waals surface area contributed by atoms with Crippen molar-refractivity contribution in [3.63, 3.8) is 0 Å². The lowest BCUT2D eigenvalue weighted by atomic mass is 9.68. The summed E-state index contributed by atoms with van der Waals surface area (Å²) in [4.78, 5) is 15.0. The van der Waals surface area contributed by atoms with E-state index in [9.17, 15) is 4.79 Å². The maximum Gasteiger partial charge on any atom is 0.226 e. The van der Waals surface area contributed by atoms with Crippen molar-refractivity contribution in [1.82, 2.24) is 4.90 Å². The minimum absolute atomic E-state index is 0.206. The first kappa shape index (κ1) is 15.3. The predicted molar refractivity (Wildman–Crippen MR) is 83.5 cm³/mol. The number of carbonyl (C=O) groups excluding carboxylic acids is 1. The first-order valence-electron chi connectivity index (χ1n) is 7.89. The van der Waals surface area contributed by atoms with E-state index in [1.54, 1.807) is 0 Å². The monoisotopic (exact) mass is 329 g/mol. The summed E-state index contributed by atoms with van der Waals surface area (Å²) in [7, 11) is 0. The van der Waals surface area contributed by atoms with Crippen LogP contribution in [0.25, 0.3) is 0 Å². The van der Waals surface area contributed by atoms with Crippen molar-refractivity contribution < 1.29 is 4.79 Å². The third-order valence-corrected chi connectivity index (χ3v) is 5.61. The molecule has 0 N–H and O–H groups in total. The Balaban J connectivity index is 1.98. The number of halogens is 1. The highest BCUT2D eigenvalue weighted by Gasteiger charge is 2.39. The van der Waals surface area contributed by atoms with Crippen molar-refractivity contribution in [2.75, 3.05) is 18.4 Å². The van der Waals surface area contributed by atoms with E-state index in [2.05, 4.69) is 34.7 Å². The highest BCUT2D eigenvalue weighted by Crippen LogP contribution is 2.42. The molecule has 3 heteroatoms. The molecule has 0 aromatic carbocycles. The maximum atomic E-state index is 12.8. The van der Waals surface area contributed by atoms with E-state index < -0.39 is 0 Å². The highest BCUT2D eigenvalue weighted by atomic mass is 79.9. The second-order valence-corrected chi connectivity index (χ2v) is 7.85. The van der Waals surface area contributed by atoms with Gasteiger partial charge in [-0.3, -0.25) is 4.79 Å². The first-order valence-corrected chi connectivity index (χ1v) is 9.01. The van der Waals surface area contributed by atoms with E-state index in [0.717, 1.165) is 24.8 Å². The average Bonchev–Trinajstić information content (AvgIpc) is 2.38. The molecule has 2 rings (SSSR count). The van der Waals surface area contributed by atoms with Gasteiger partial charge in [0.05, 0.1) is 0 Å². The normalized spacial score (nSPS) is 31.2. The van der Waals surface area contributed by atoms with E-state index in [1.165, 1.54) is 38.5 Å². The van der Waals surface area contributed by atoms with Crippen molar-refractivity contribution in [2.24, 2.45) is 17.3 Å². The van der Waals surface area contributed by atoms with Gasteiger partial charge in [0.2, 0.25) is 5.91 Å². The van der Waals surface area contributed by atoms with E-state index in [-0.39, 0.29) is 11.3 Å². The number of hydrogen-bond donors (Lipinski definition) is 0. The number of carbonyl (C=O) groups is 1. The highest BCUT2D eigenvalue weighted by molar-refractivity contribution is 9.09. The Morgan fingerprint density at radius 3 is 2.74 bits per heavy atom. The van der Waals surface area contributed by atoms with Gasteiger partial charge >= 0.3 is 0 Å². The Hall–Kier alpha value is -0.0500. The summed E-state index contributed by atoms with van der Waals surface area (Å²) in [6, 6.07) is 0. The molecule has 1 aliphatic carbocycles. The summed E-state index contributed by atoms with van der Waals surface area (Å²) in [6.07, 6.45) is 8.53. The molecular formula is C16H28BrNO. The van der Waals surface area contributed by atoms with Crippen LogP contribution in [-0.2, 0) is 4.79 Å². The van der Waals surface area contributed by atoms with Crippen molar-refractivity contribution in [2.45, 2.75) is 58.8 Å². The minimum atomic E-state index is 0.206. The summed E-state index contributed by atoms with van der Waals surface area (Å²) in [5.74, 6) is 1.43. The second kappa shape index (κ2) is 6.60. The van der Waals surface area contributed by atoms with Gasteiger partial charge in [-0.05, 0) is 43.4 Å². The molecule has 1 saturated heterocycles. The molecule has 0 aromatic heterocycles. The van der Waals surface area contributed by atoms with E-state index in [0.29, 0.717) is 11.8 Å². The summed E-state index contributed by atoms with van der Waals surface area (Å²) in [5, 5.41) is 1.06. The van der Waals surface area contributed by atoms with Crippen molar-refractivity contribution in [3.8, 4) is 0 Å². The van der Waals surface area contributed by atoms with Gasteiger partial charge in [0, 0.05) is 24.3 Å². The van der Waals surface area contributed by atoms with Gasteiger partial charge in [-0.2, -0.15) is 0 Å². The third kappa shape index (κ3) is 3.74. The Kier molecular flexibility index (Phi) is 5.33. The first-order chi connectivity index (χ1) is 9.04. The number of piperidine rings is 1. The molecule has 110 valence electrons. The second-order valence-electron chi connectivity index (χ2n) is 7.06. The van der Waals surface area contributed by atoms with Gasteiger partial charge in [-0.1, -0.05) is 42.6 Å². The SMILES string of the molecule is CC1(C)CCCCC1C(=O)N1CCCC(CCBr)C1. The lowest BCUT2D eigenvalue weighted by Crippen LogP contribution is -2.47. The van der Waals surface area contributed by atoms with Gasteiger partial charge < -0.3 is 4.90 Å². The van der Waals surface area contributed by atoms with Crippen LogP contribution in [0.4, 0.5) is 0 Å². The van der Waals surface area contributed by atoms with Crippen LogP contribution < -0.4 is 0 Å². The molecule has 1 heterocycles. The fourth-order valence-electron chi connectivity index (χ4n) is 3.83. The molecule has 2 atom stereocenters. The summed E-state index contributed by atoms with van der Waals surface area (Å²) < 4.78 is 0. The van der Waals surface area contributed by atoms with E-state index >= 15 is 0 Å².